The topological polar surface area (TPSA) is 33.1 Å². The van der Waals surface area contributed by atoms with Gasteiger partial charge in [-0.3, -0.25) is 4.68 Å². The summed E-state index contributed by atoms with van der Waals surface area (Å²) in [4.78, 5) is 2.22. The van der Waals surface area contributed by atoms with Crippen molar-refractivity contribution in [3.05, 3.63) is 17.0 Å². The van der Waals surface area contributed by atoms with Crippen molar-refractivity contribution < 1.29 is 0 Å². The van der Waals surface area contributed by atoms with Crippen LogP contribution in [-0.4, -0.2) is 41.9 Å². The van der Waals surface area contributed by atoms with Crippen molar-refractivity contribution in [3.8, 4) is 0 Å². The smallest absolute Gasteiger partial charge is 0.0641 e. The summed E-state index contributed by atoms with van der Waals surface area (Å²) < 4.78 is 2.16. The van der Waals surface area contributed by atoms with E-state index in [0.29, 0.717) is 5.92 Å². The van der Waals surface area contributed by atoms with Gasteiger partial charge in [0, 0.05) is 24.3 Å². The summed E-state index contributed by atoms with van der Waals surface area (Å²) in [6, 6.07) is 0. The van der Waals surface area contributed by atoms with Crippen molar-refractivity contribution in [2.45, 2.75) is 47.2 Å². The normalized spacial score (nSPS) is 11.8. The number of aryl methyl sites for hydroxylation is 2. The van der Waals surface area contributed by atoms with Crippen LogP contribution in [0.5, 0.6) is 0 Å². The molecular weight excluding hydrogens is 236 g/mol. The van der Waals surface area contributed by atoms with Gasteiger partial charge >= 0.3 is 0 Å². The number of hydrogen-bond donors (Lipinski definition) is 1. The maximum Gasteiger partial charge on any atom is 0.0641 e. The Morgan fingerprint density at radius 1 is 1.26 bits per heavy atom. The number of nitrogens with zero attached hydrogens (tertiary/aromatic N) is 3. The average molecular weight is 266 g/mol. The van der Waals surface area contributed by atoms with Gasteiger partial charge in [-0.05, 0) is 53.4 Å². The summed E-state index contributed by atoms with van der Waals surface area (Å²) in [5.41, 5.74) is 3.84. The zero-order valence-corrected chi connectivity index (χ0v) is 13.5. The van der Waals surface area contributed by atoms with Crippen LogP contribution in [0.2, 0.25) is 0 Å². The van der Waals surface area contributed by atoms with Gasteiger partial charge in [0.2, 0.25) is 0 Å². The van der Waals surface area contributed by atoms with E-state index in [-0.39, 0.29) is 0 Å². The Bertz CT molecular complexity index is 380. The Hall–Kier alpha value is -0.870. The van der Waals surface area contributed by atoms with Gasteiger partial charge in [-0.1, -0.05) is 13.8 Å². The average Bonchev–Trinajstić information content (AvgIpc) is 2.56. The van der Waals surface area contributed by atoms with Gasteiger partial charge in [0.05, 0.1) is 5.69 Å². The molecule has 0 aliphatic carbocycles. The minimum Gasteiger partial charge on any atom is -0.312 e. The van der Waals surface area contributed by atoms with Crippen molar-refractivity contribution in [1.82, 2.24) is 20.0 Å². The Kier molecular flexibility index (Phi) is 6.52. The molecule has 4 heteroatoms. The lowest BCUT2D eigenvalue weighted by molar-refractivity contribution is 0.379. The first kappa shape index (κ1) is 16.2. The highest BCUT2D eigenvalue weighted by Gasteiger charge is 2.11. The second-order valence-electron chi connectivity index (χ2n) is 6.05. The second-order valence-corrected chi connectivity index (χ2v) is 6.05. The zero-order chi connectivity index (χ0) is 14.4. The molecule has 0 saturated heterocycles. The summed E-state index contributed by atoms with van der Waals surface area (Å²) >= 11 is 0. The summed E-state index contributed by atoms with van der Waals surface area (Å²) in [6.45, 7) is 12.9. The van der Waals surface area contributed by atoms with E-state index in [9.17, 15) is 0 Å². The van der Waals surface area contributed by atoms with Crippen molar-refractivity contribution in [3.63, 3.8) is 0 Å². The van der Waals surface area contributed by atoms with Crippen molar-refractivity contribution in [2.24, 2.45) is 5.92 Å². The molecule has 0 bridgehead atoms. The first-order chi connectivity index (χ1) is 8.91. The molecule has 0 amide bonds. The number of rotatable bonds is 8. The van der Waals surface area contributed by atoms with Crippen molar-refractivity contribution in [1.29, 1.82) is 0 Å². The third kappa shape index (κ3) is 5.33. The third-order valence-corrected chi connectivity index (χ3v) is 3.36. The first-order valence-electron chi connectivity index (χ1n) is 7.30. The monoisotopic (exact) mass is 266 g/mol. The highest BCUT2D eigenvalue weighted by atomic mass is 15.3. The molecule has 0 fully saturated rings. The second kappa shape index (κ2) is 7.65. The summed E-state index contributed by atoms with van der Waals surface area (Å²) in [7, 11) is 4.23. The Labute approximate surface area is 118 Å². The van der Waals surface area contributed by atoms with Crippen LogP contribution in [0.25, 0.3) is 0 Å². The predicted molar refractivity (Wildman–Crippen MR) is 81.4 cm³/mol. The van der Waals surface area contributed by atoms with Gasteiger partial charge in [0.25, 0.3) is 0 Å². The van der Waals surface area contributed by atoms with Crippen molar-refractivity contribution >= 4 is 0 Å². The highest BCUT2D eigenvalue weighted by Crippen LogP contribution is 2.13. The molecule has 0 aliphatic rings. The van der Waals surface area contributed by atoms with E-state index in [0.717, 1.165) is 32.6 Å². The SMILES string of the molecule is Cc1nn(CCCN(C)C)c(C)c1CNCC(C)C. The molecule has 0 atom stereocenters. The lowest BCUT2D eigenvalue weighted by Gasteiger charge is -2.10. The van der Waals surface area contributed by atoms with Gasteiger partial charge in [-0.15, -0.1) is 0 Å². The fraction of sp³-hybridized carbons (Fsp3) is 0.800. The molecule has 1 aromatic heterocycles. The molecule has 0 radical (unpaired) electrons. The zero-order valence-electron chi connectivity index (χ0n) is 13.5. The molecule has 19 heavy (non-hydrogen) atoms. The van der Waals surface area contributed by atoms with Crippen LogP contribution < -0.4 is 5.32 Å². The Morgan fingerprint density at radius 3 is 2.53 bits per heavy atom. The molecule has 4 nitrogen and oxygen atoms in total. The van der Waals surface area contributed by atoms with Crippen LogP contribution >= 0.6 is 0 Å². The lowest BCUT2D eigenvalue weighted by Crippen LogP contribution is -2.20. The van der Waals surface area contributed by atoms with E-state index < -0.39 is 0 Å². The van der Waals surface area contributed by atoms with Gasteiger partial charge in [0.15, 0.2) is 0 Å². The molecule has 1 heterocycles. The quantitative estimate of drug-likeness (QED) is 0.783. The highest BCUT2D eigenvalue weighted by molar-refractivity contribution is 5.24. The fourth-order valence-corrected chi connectivity index (χ4v) is 2.23. The Balaban J connectivity index is 2.55. The van der Waals surface area contributed by atoms with Crippen LogP contribution in [0.3, 0.4) is 0 Å². The van der Waals surface area contributed by atoms with E-state index in [1.54, 1.807) is 0 Å². The molecule has 0 aromatic carbocycles. The molecule has 0 saturated carbocycles. The van der Waals surface area contributed by atoms with Crippen LogP contribution in [-0.2, 0) is 13.1 Å². The molecule has 1 aromatic rings. The standard InChI is InChI=1S/C15H30N4/c1-12(2)10-16-11-15-13(3)17-19(14(15)4)9-7-8-18(5)6/h12,16H,7-11H2,1-6H3. The molecule has 1 N–H and O–H groups in total. The van der Waals surface area contributed by atoms with E-state index in [1.807, 2.05) is 0 Å². The van der Waals surface area contributed by atoms with Crippen LogP contribution in [0.15, 0.2) is 0 Å². The largest absolute Gasteiger partial charge is 0.312 e. The van der Waals surface area contributed by atoms with Crippen LogP contribution in [0.1, 0.15) is 37.2 Å². The molecule has 110 valence electrons. The Morgan fingerprint density at radius 2 is 1.95 bits per heavy atom. The van der Waals surface area contributed by atoms with Gasteiger partial charge in [0.1, 0.15) is 0 Å². The predicted octanol–water partition coefficient (Wildman–Crippen LogP) is 2.20. The van der Waals surface area contributed by atoms with Crippen LogP contribution in [0.4, 0.5) is 0 Å². The summed E-state index contributed by atoms with van der Waals surface area (Å²) in [5, 5.41) is 8.17. The first-order valence-corrected chi connectivity index (χ1v) is 7.30. The number of nitrogens with one attached hydrogen (secondary N) is 1. The maximum atomic E-state index is 4.66. The summed E-state index contributed by atoms with van der Waals surface area (Å²) in [6.07, 6.45) is 1.15. The van der Waals surface area contributed by atoms with E-state index >= 15 is 0 Å². The fourth-order valence-electron chi connectivity index (χ4n) is 2.23. The van der Waals surface area contributed by atoms with Gasteiger partial charge in [-0.2, -0.15) is 5.10 Å². The third-order valence-electron chi connectivity index (χ3n) is 3.36. The molecule has 0 spiro atoms. The number of aromatic nitrogens is 2. The molecule has 1 rings (SSSR count). The lowest BCUT2D eigenvalue weighted by atomic mass is 10.2. The molecule has 0 unspecified atom stereocenters. The minimum absolute atomic E-state index is 0.691. The molecular formula is C15H30N4. The van der Waals surface area contributed by atoms with Crippen LogP contribution in [0, 0.1) is 19.8 Å². The van der Waals surface area contributed by atoms with E-state index in [4.69, 9.17) is 0 Å². The maximum absolute atomic E-state index is 4.66. The van der Waals surface area contributed by atoms with Gasteiger partial charge in [-0.25, -0.2) is 0 Å². The number of hydrogen-bond acceptors (Lipinski definition) is 3. The summed E-state index contributed by atoms with van der Waals surface area (Å²) in [5.74, 6) is 0.691. The minimum atomic E-state index is 0.691. The van der Waals surface area contributed by atoms with E-state index in [1.165, 1.54) is 17.0 Å². The van der Waals surface area contributed by atoms with Crippen molar-refractivity contribution in [2.75, 3.05) is 27.2 Å². The molecule has 0 aliphatic heterocycles. The van der Waals surface area contributed by atoms with Gasteiger partial charge < -0.3 is 10.2 Å². The van der Waals surface area contributed by atoms with E-state index in [2.05, 4.69) is 61.8 Å².